The molecular weight excluding hydrogens is 164 g/mol. The van der Waals surface area contributed by atoms with E-state index in [0.29, 0.717) is 17.3 Å². The van der Waals surface area contributed by atoms with Crippen molar-refractivity contribution in [2.45, 2.75) is 18.9 Å². The average molecular weight is 174 g/mol. The number of carboxylic acid groups (broad SMARTS) is 1. The first-order chi connectivity index (χ1) is 5.10. The summed E-state index contributed by atoms with van der Waals surface area (Å²) in [5.41, 5.74) is 4.42. The summed E-state index contributed by atoms with van der Waals surface area (Å²) in [4.78, 5) is 14.6. The molecule has 0 aromatic carbocycles. The molecule has 0 saturated carbocycles. The molecule has 0 saturated heterocycles. The van der Waals surface area contributed by atoms with Gasteiger partial charge in [-0.2, -0.15) is 0 Å². The fourth-order valence-corrected chi connectivity index (χ4v) is 1.93. The fourth-order valence-electron chi connectivity index (χ4n) is 0.911. The number of nitrogens with zero attached hydrogens (tertiary/aromatic N) is 1. The number of nitrogens with two attached hydrogens (primary N) is 1. The molecule has 1 rings (SSSR count). The van der Waals surface area contributed by atoms with Gasteiger partial charge in [0.25, 0.3) is 0 Å². The first-order valence-electron chi connectivity index (χ1n) is 3.32. The summed E-state index contributed by atoms with van der Waals surface area (Å²) in [7, 11) is 0. The Bertz CT molecular complexity index is 217. The van der Waals surface area contributed by atoms with Crippen molar-refractivity contribution in [3.8, 4) is 0 Å². The topological polar surface area (TPSA) is 75.7 Å². The molecule has 11 heavy (non-hydrogen) atoms. The third-order valence-electron chi connectivity index (χ3n) is 1.77. The van der Waals surface area contributed by atoms with Gasteiger partial charge >= 0.3 is 5.97 Å². The number of thioether (sulfide) groups is 1. The molecule has 0 radical (unpaired) electrons. The van der Waals surface area contributed by atoms with Gasteiger partial charge in [-0.05, 0) is 6.42 Å². The van der Waals surface area contributed by atoms with Crippen LogP contribution in [0, 0.1) is 0 Å². The molecule has 0 aromatic heterocycles. The second-order valence-corrected chi connectivity index (χ2v) is 3.42. The van der Waals surface area contributed by atoms with Gasteiger partial charge in [-0.25, -0.2) is 9.79 Å². The van der Waals surface area contributed by atoms with E-state index in [1.807, 2.05) is 0 Å². The van der Waals surface area contributed by atoms with Gasteiger partial charge in [-0.3, -0.25) is 0 Å². The predicted octanol–water partition coefficient (Wildman–Crippen LogP) is 0.281. The van der Waals surface area contributed by atoms with Crippen LogP contribution in [0.3, 0.4) is 0 Å². The lowest BCUT2D eigenvalue weighted by Crippen LogP contribution is -2.36. The van der Waals surface area contributed by atoms with Gasteiger partial charge in [0.15, 0.2) is 10.7 Å². The van der Waals surface area contributed by atoms with Crippen LogP contribution in [0.1, 0.15) is 13.3 Å². The molecule has 1 atom stereocenters. The largest absolute Gasteiger partial charge is 0.479 e. The number of carbonyl (C=O) groups is 1. The minimum Gasteiger partial charge on any atom is -0.479 e. The zero-order chi connectivity index (χ0) is 8.48. The van der Waals surface area contributed by atoms with E-state index in [9.17, 15) is 4.79 Å². The third-order valence-corrected chi connectivity index (χ3v) is 2.77. The van der Waals surface area contributed by atoms with Gasteiger partial charge in [0.2, 0.25) is 0 Å². The molecular formula is C6H10N2O2S. The van der Waals surface area contributed by atoms with Crippen molar-refractivity contribution in [1.29, 1.82) is 0 Å². The second-order valence-electron chi connectivity index (χ2n) is 2.43. The van der Waals surface area contributed by atoms with Crippen molar-refractivity contribution in [2.75, 3.05) is 5.75 Å². The van der Waals surface area contributed by atoms with E-state index in [1.165, 1.54) is 11.8 Å². The summed E-state index contributed by atoms with van der Waals surface area (Å²) >= 11 is 1.30. The minimum atomic E-state index is -0.950. The van der Waals surface area contributed by atoms with E-state index in [4.69, 9.17) is 10.8 Å². The molecule has 0 amide bonds. The van der Waals surface area contributed by atoms with E-state index in [2.05, 4.69) is 4.99 Å². The lowest BCUT2D eigenvalue weighted by Gasteiger charge is -2.16. The number of amidine groups is 1. The second kappa shape index (κ2) is 2.73. The van der Waals surface area contributed by atoms with Crippen molar-refractivity contribution >= 4 is 22.9 Å². The first kappa shape index (κ1) is 8.39. The lowest BCUT2D eigenvalue weighted by molar-refractivity contribution is -0.142. The minimum absolute atomic E-state index is 0.384. The number of hydrogen-bond donors (Lipinski definition) is 2. The molecule has 1 aliphatic rings. The van der Waals surface area contributed by atoms with Crippen LogP contribution in [-0.4, -0.2) is 27.5 Å². The Morgan fingerprint density at radius 1 is 2.00 bits per heavy atom. The van der Waals surface area contributed by atoms with Gasteiger partial charge in [0, 0.05) is 5.75 Å². The van der Waals surface area contributed by atoms with Crippen molar-refractivity contribution in [3.63, 3.8) is 0 Å². The van der Waals surface area contributed by atoms with Crippen LogP contribution in [0.15, 0.2) is 4.99 Å². The molecule has 3 N–H and O–H groups in total. The van der Waals surface area contributed by atoms with Crippen molar-refractivity contribution in [1.82, 2.24) is 0 Å². The molecule has 0 bridgehead atoms. The summed E-state index contributed by atoms with van der Waals surface area (Å²) in [5, 5.41) is 9.19. The van der Waals surface area contributed by atoms with Gasteiger partial charge in [-0.1, -0.05) is 18.7 Å². The van der Waals surface area contributed by atoms with Gasteiger partial charge in [-0.15, -0.1) is 0 Å². The monoisotopic (exact) mass is 174 g/mol. The molecule has 0 fully saturated rings. The number of carboxylic acids is 1. The number of aliphatic carboxylic acids is 1. The maximum absolute atomic E-state index is 10.7. The molecule has 0 aromatic rings. The standard InChI is InChI=1S/C6H10N2O2S/c1-2-6(4(9)10)3-11-5(7)8-6/h2-3H2,1H3,(H2,7,8)(H,9,10). The highest BCUT2D eigenvalue weighted by Gasteiger charge is 2.40. The van der Waals surface area contributed by atoms with E-state index in [0.717, 1.165) is 0 Å². The summed E-state index contributed by atoms with van der Waals surface area (Å²) in [6.45, 7) is 1.80. The zero-order valence-electron chi connectivity index (χ0n) is 6.20. The summed E-state index contributed by atoms with van der Waals surface area (Å²) in [5.74, 6) is -0.419. The summed E-state index contributed by atoms with van der Waals surface area (Å²) < 4.78 is 0. The maximum Gasteiger partial charge on any atom is 0.332 e. The molecule has 62 valence electrons. The molecule has 1 heterocycles. The van der Waals surface area contributed by atoms with Crippen LogP contribution in [0.4, 0.5) is 0 Å². The number of rotatable bonds is 2. The van der Waals surface area contributed by atoms with Crippen molar-refractivity contribution < 1.29 is 9.90 Å². The van der Waals surface area contributed by atoms with E-state index < -0.39 is 11.5 Å². The van der Waals surface area contributed by atoms with Crippen LogP contribution in [-0.2, 0) is 4.79 Å². The van der Waals surface area contributed by atoms with E-state index in [-0.39, 0.29) is 0 Å². The lowest BCUT2D eigenvalue weighted by atomic mass is 10.0. The van der Waals surface area contributed by atoms with Gasteiger partial charge in [0.1, 0.15) is 0 Å². The third kappa shape index (κ3) is 1.33. The van der Waals surface area contributed by atoms with Gasteiger partial charge in [0.05, 0.1) is 0 Å². The maximum atomic E-state index is 10.7. The molecule has 1 unspecified atom stereocenters. The van der Waals surface area contributed by atoms with E-state index >= 15 is 0 Å². The van der Waals surface area contributed by atoms with Crippen LogP contribution in [0.5, 0.6) is 0 Å². The Morgan fingerprint density at radius 2 is 2.64 bits per heavy atom. The SMILES string of the molecule is CCC1(C(=O)O)CSC(N)=N1. The first-order valence-corrected chi connectivity index (χ1v) is 4.31. The van der Waals surface area contributed by atoms with Gasteiger partial charge < -0.3 is 10.8 Å². The highest BCUT2D eigenvalue weighted by Crippen LogP contribution is 2.29. The highest BCUT2D eigenvalue weighted by molar-refractivity contribution is 8.14. The highest BCUT2D eigenvalue weighted by atomic mass is 32.2. The van der Waals surface area contributed by atoms with Crippen LogP contribution < -0.4 is 5.73 Å². The van der Waals surface area contributed by atoms with Crippen molar-refractivity contribution in [3.05, 3.63) is 0 Å². The summed E-state index contributed by atoms with van der Waals surface area (Å²) in [6.07, 6.45) is 0.496. The Labute approximate surface area is 68.9 Å². The fraction of sp³-hybridized carbons (Fsp3) is 0.667. The normalized spacial score (nSPS) is 30.1. The Kier molecular flexibility index (Phi) is 2.08. The smallest absolute Gasteiger partial charge is 0.332 e. The Hall–Kier alpha value is -0.710. The van der Waals surface area contributed by atoms with Crippen LogP contribution in [0.2, 0.25) is 0 Å². The zero-order valence-corrected chi connectivity index (χ0v) is 7.02. The quantitative estimate of drug-likeness (QED) is 0.630. The molecule has 1 aliphatic heterocycles. The molecule has 5 heteroatoms. The van der Waals surface area contributed by atoms with Crippen LogP contribution >= 0.6 is 11.8 Å². The average Bonchev–Trinajstić information content (AvgIpc) is 2.33. The van der Waals surface area contributed by atoms with Crippen molar-refractivity contribution in [2.24, 2.45) is 10.7 Å². The Morgan fingerprint density at radius 3 is 2.82 bits per heavy atom. The predicted molar refractivity (Wildman–Crippen MR) is 44.7 cm³/mol. The Balaban J connectivity index is 2.87. The number of aliphatic imine (C=N–C) groups is 1. The number of hydrogen-bond acceptors (Lipinski definition) is 4. The summed E-state index contributed by atoms with van der Waals surface area (Å²) in [6, 6.07) is 0. The van der Waals surface area contributed by atoms with Crippen LogP contribution in [0.25, 0.3) is 0 Å². The molecule has 0 spiro atoms. The molecule has 4 nitrogen and oxygen atoms in total. The van der Waals surface area contributed by atoms with E-state index in [1.54, 1.807) is 6.92 Å². The molecule has 0 aliphatic carbocycles.